The lowest BCUT2D eigenvalue weighted by atomic mass is 10.1. The van der Waals surface area contributed by atoms with Crippen LogP contribution < -0.4 is 5.32 Å². The van der Waals surface area contributed by atoms with E-state index in [-0.39, 0.29) is 12.2 Å². The topological polar surface area (TPSA) is 75.4 Å². The van der Waals surface area contributed by atoms with E-state index in [4.69, 9.17) is 5.11 Å². The summed E-state index contributed by atoms with van der Waals surface area (Å²) in [4.78, 5) is 10.4. The lowest BCUT2D eigenvalue weighted by molar-refractivity contribution is -0.385. The van der Waals surface area contributed by atoms with Crippen LogP contribution in [0.1, 0.15) is 5.56 Å². The number of hydrogen-bond donors (Lipinski definition) is 2. The van der Waals surface area contributed by atoms with Crippen molar-refractivity contribution < 1.29 is 14.4 Å². The molecule has 2 rings (SSSR count). The normalized spacial score (nSPS) is 10.2. The molecule has 0 heterocycles. The van der Waals surface area contributed by atoms with Gasteiger partial charge in [0.15, 0.2) is 11.6 Å². The van der Waals surface area contributed by atoms with Crippen molar-refractivity contribution in [3.63, 3.8) is 0 Å². The van der Waals surface area contributed by atoms with Crippen LogP contribution in [0.25, 0.3) is 0 Å². The average molecular weight is 262 g/mol. The van der Waals surface area contributed by atoms with Crippen molar-refractivity contribution in [2.45, 2.75) is 6.54 Å². The minimum absolute atomic E-state index is 0.00857. The highest BCUT2D eigenvalue weighted by atomic mass is 19.1. The zero-order valence-corrected chi connectivity index (χ0v) is 9.84. The Kier molecular flexibility index (Phi) is 3.61. The number of halogens is 1. The van der Waals surface area contributed by atoms with E-state index >= 15 is 0 Å². The number of para-hydroxylation sites is 1. The molecule has 0 unspecified atom stereocenters. The maximum Gasteiger partial charge on any atom is 0.274 e. The summed E-state index contributed by atoms with van der Waals surface area (Å²) in [6.07, 6.45) is 0. The Morgan fingerprint density at radius 1 is 1.26 bits per heavy atom. The van der Waals surface area contributed by atoms with Crippen LogP contribution in [-0.2, 0) is 6.54 Å². The number of benzene rings is 2. The van der Waals surface area contributed by atoms with E-state index < -0.39 is 16.5 Å². The minimum Gasteiger partial charge on any atom is -0.505 e. The van der Waals surface area contributed by atoms with Crippen LogP contribution >= 0.6 is 0 Å². The standard InChI is InChI=1S/C13H11FN2O3/c14-11-7-10(5-6-13(11)17)15-8-9-3-1-2-4-12(9)16(18)19/h1-7,15,17H,8H2. The number of nitrogens with zero attached hydrogens (tertiary/aromatic N) is 1. The summed E-state index contributed by atoms with van der Waals surface area (Å²) in [5.41, 5.74) is 0.948. The average Bonchev–Trinajstić information content (AvgIpc) is 2.40. The van der Waals surface area contributed by atoms with Crippen molar-refractivity contribution in [2.24, 2.45) is 0 Å². The van der Waals surface area contributed by atoms with Gasteiger partial charge in [0.05, 0.1) is 4.92 Å². The van der Waals surface area contributed by atoms with Crippen LogP contribution in [0.4, 0.5) is 15.8 Å². The van der Waals surface area contributed by atoms with Gasteiger partial charge in [-0.3, -0.25) is 10.1 Å². The Morgan fingerprint density at radius 3 is 2.68 bits per heavy atom. The predicted octanol–water partition coefficient (Wildman–Crippen LogP) is 3.05. The second kappa shape index (κ2) is 5.34. The second-order valence-corrected chi connectivity index (χ2v) is 3.91. The van der Waals surface area contributed by atoms with Gasteiger partial charge in [-0.2, -0.15) is 0 Å². The maximum absolute atomic E-state index is 13.1. The van der Waals surface area contributed by atoms with Crippen molar-refractivity contribution in [3.05, 3.63) is 64.0 Å². The number of aromatic hydroxyl groups is 1. The number of hydrogen-bond acceptors (Lipinski definition) is 4. The van der Waals surface area contributed by atoms with Crippen LogP contribution in [0.15, 0.2) is 42.5 Å². The van der Waals surface area contributed by atoms with Crippen molar-refractivity contribution in [1.82, 2.24) is 0 Å². The first-order valence-electron chi connectivity index (χ1n) is 5.52. The lowest BCUT2D eigenvalue weighted by Gasteiger charge is -2.07. The first-order chi connectivity index (χ1) is 9.08. The highest BCUT2D eigenvalue weighted by Crippen LogP contribution is 2.22. The zero-order valence-electron chi connectivity index (χ0n) is 9.84. The predicted molar refractivity (Wildman–Crippen MR) is 68.5 cm³/mol. The van der Waals surface area contributed by atoms with Crippen LogP contribution in [0.2, 0.25) is 0 Å². The molecule has 0 spiro atoms. The fraction of sp³-hybridized carbons (Fsp3) is 0.0769. The molecule has 0 aliphatic heterocycles. The van der Waals surface area contributed by atoms with Gasteiger partial charge in [0, 0.05) is 29.9 Å². The van der Waals surface area contributed by atoms with E-state index in [9.17, 15) is 14.5 Å². The largest absolute Gasteiger partial charge is 0.505 e. The molecule has 2 aromatic rings. The quantitative estimate of drug-likeness (QED) is 0.504. The molecule has 0 saturated carbocycles. The molecule has 0 atom stereocenters. The van der Waals surface area contributed by atoms with Gasteiger partial charge in [-0.25, -0.2) is 4.39 Å². The summed E-state index contributed by atoms with van der Waals surface area (Å²) in [5, 5.41) is 22.7. The Morgan fingerprint density at radius 2 is 2.00 bits per heavy atom. The molecule has 0 bridgehead atoms. The number of nitro groups is 1. The van der Waals surface area contributed by atoms with Gasteiger partial charge in [-0.05, 0) is 12.1 Å². The summed E-state index contributed by atoms with van der Waals surface area (Å²) in [7, 11) is 0. The molecule has 0 radical (unpaired) electrons. The number of phenolic OH excluding ortho intramolecular Hbond substituents is 1. The molecule has 0 aliphatic rings. The van der Waals surface area contributed by atoms with E-state index in [1.165, 1.54) is 18.2 Å². The van der Waals surface area contributed by atoms with Crippen LogP contribution in [0.5, 0.6) is 5.75 Å². The molecule has 19 heavy (non-hydrogen) atoms. The summed E-state index contributed by atoms with van der Waals surface area (Å²) >= 11 is 0. The van der Waals surface area contributed by atoms with Crippen molar-refractivity contribution in [3.8, 4) is 5.75 Å². The number of nitrogens with one attached hydrogen (secondary N) is 1. The van der Waals surface area contributed by atoms with Crippen molar-refractivity contribution >= 4 is 11.4 Å². The second-order valence-electron chi connectivity index (χ2n) is 3.91. The molecule has 2 N–H and O–H groups in total. The van der Waals surface area contributed by atoms with Crippen LogP contribution in [0.3, 0.4) is 0 Å². The van der Waals surface area contributed by atoms with Crippen molar-refractivity contribution in [1.29, 1.82) is 0 Å². The Bertz CT molecular complexity index is 617. The van der Waals surface area contributed by atoms with E-state index in [2.05, 4.69) is 5.32 Å². The number of phenols is 1. The Balaban J connectivity index is 2.14. The van der Waals surface area contributed by atoms with Gasteiger partial charge in [-0.15, -0.1) is 0 Å². The fourth-order valence-corrected chi connectivity index (χ4v) is 1.65. The number of nitro benzene ring substituents is 1. The Hall–Kier alpha value is -2.63. The first kappa shape index (κ1) is 12.8. The third kappa shape index (κ3) is 2.98. The van der Waals surface area contributed by atoms with Gasteiger partial charge in [0.1, 0.15) is 0 Å². The molecule has 2 aromatic carbocycles. The molecule has 0 aromatic heterocycles. The maximum atomic E-state index is 13.1. The monoisotopic (exact) mass is 262 g/mol. The van der Waals surface area contributed by atoms with Gasteiger partial charge in [-0.1, -0.05) is 18.2 Å². The molecule has 6 heteroatoms. The van der Waals surface area contributed by atoms with Gasteiger partial charge < -0.3 is 10.4 Å². The summed E-state index contributed by atoms with van der Waals surface area (Å²) < 4.78 is 13.1. The van der Waals surface area contributed by atoms with E-state index in [1.54, 1.807) is 18.2 Å². The van der Waals surface area contributed by atoms with E-state index in [0.29, 0.717) is 11.3 Å². The third-order valence-corrected chi connectivity index (χ3v) is 2.62. The fourth-order valence-electron chi connectivity index (χ4n) is 1.65. The highest BCUT2D eigenvalue weighted by molar-refractivity contribution is 5.49. The summed E-state index contributed by atoms with van der Waals surface area (Å²) in [5.74, 6) is -1.18. The summed E-state index contributed by atoms with van der Waals surface area (Å²) in [6.45, 7) is 0.196. The molecule has 0 amide bonds. The SMILES string of the molecule is O=[N+]([O-])c1ccccc1CNc1ccc(O)c(F)c1. The van der Waals surface area contributed by atoms with Gasteiger partial charge in [0.25, 0.3) is 5.69 Å². The molecule has 0 aliphatic carbocycles. The molecule has 5 nitrogen and oxygen atoms in total. The number of rotatable bonds is 4. The first-order valence-corrected chi connectivity index (χ1v) is 5.52. The molecular weight excluding hydrogens is 251 g/mol. The molecule has 0 saturated heterocycles. The highest BCUT2D eigenvalue weighted by Gasteiger charge is 2.11. The Labute approximate surface area is 108 Å². The van der Waals surface area contributed by atoms with E-state index in [0.717, 1.165) is 6.07 Å². The van der Waals surface area contributed by atoms with Crippen molar-refractivity contribution in [2.75, 3.05) is 5.32 Å². The lowest BCUT2D eigenvalue weighted by Crippen LogP contribution is -2.03. The van der Waals surface area contributed by atoms with Gasteiger partial charge in [0.2, 0.25) is 0 Å². The van der Waals surface area contributed by atoms with E-state index in [1.807, 2.05) is 0 Å². The minimum atomic E-state index is -0.743. The smallest absolute Gasteiger partial charge is 0.274 e. The molecular formula is C13H11FN2O3. The van der Waals surface area contributed by atoms with Crippen LogP contribution in [0, 0.1) is 15.9 Å². The van der Waals surface area contributed by atoms with Crippen LogP contribution in [-0.4, -0.2) is 10.0 Å². The summed E-state index contributed by atoms with van der Waals surface area (Å²) in [6, 6.07) is 10.2. The number of anilines is 1. The third-order valence-electron chi connectivity index (χ3n) is 2.62. The van der Waals surface area contributed by atoms with Gasteiger partial charge >= 0.3 is 0 Å². The molecule has 98 valence electrons. The zero-order chi connectivity index (χ0) is 13.8. The molecule has 0 fully saturated rings.